The number of carbonyl (C=O) groups is 1. The highest BCUT2D eigenvalue weighted by atomic mass is 16.5. The van der Waals surface area contributed by atoms with Crippen molar-refractivity contribution in [3.05, 3.63) is 0 Å². The summed E-state index contributed by atoms with van der Waals surface area (Å²) in [6.45, 7) is 6.37. The molecule has 3 heteroatoms. The molecule has 0 unspecified atom stereocenters. The van der Waals surface area contributed by atoms with E-state index in [-0.39, 0.29) is 11.4 Å². The van der Waals surface area contributed by atoms with Gasteiger partial charge in [0.2, 0.25) is 0 Å². The van der Waals surface area contributed by atoms with Crippen LogP contribution in [0.1, 0.15) is 40.0 Å². The lowest BCUT2D eigenvalue weighted by Crippen LogP contribution is -2.43. The highest BCUT2D eigenvalue weighted by Gasteiger charge is 2.29. The summed E-state index contributed by atoms with van der Waals surface area (Å²) in [5.41, 5.74) is 5.54. The zero-order valence-electron chi connectivity index (χ0n) is 9.38. The van der Waals surface area contributed by atoms with Crippen molar-refractivity contribution in [1.82, 2.24) is 0 Å². The SMILES string of the molecule is CC(C)(C)[C@H](N)C(=O)OCCC1CC1. The second kappa shape index (κ2) is 4.30. The molecule has 0 saturated heterocycles. The van der Waals surface area contributed by atoms with Crippen LogP contribution in [0.4, 0.5) is 0 Å². The van der Waals surface area contributed by atoms with E-state index in [0.29, 0.717) is 6.61 Å². The summed E-state index contributed by atoms with van der Waals surface area (Å²) in [5.74, 6) is 0.534. The van der Waals surface area contributed by atoms with E-state index in [9.17, 15) is 4.79 Å². The maximum Gasteiger partial charge on any atom is 0.323 e. The molecular formula is C11H21NO2. The van der Waals surface area contributed by atoms with Crippen LogP contribution >= 0.6 is 0 Å². The molecule has 2 N–H and O–H groups in total. The molecule has 0 aromatic heterocycles. The first-order valence-corrected chi connectivity index (χ1v) is 5.33. The van der Waals surface area contributed by atoms with Gasteiger partial charge in [-0.05, 0) is 17.8 Å². The third kappa shape index (κ3) is 3.66. The number of esters is 1. The van der Waals surface area contributed by atoms with Gasteiger partial charge in [0.1, 0.15) is 6.04 Å². The highest BCUT2D eigenvalue weighted by Crippen LogP contribution is 2.32. The van der Waals surface area contributed by atoms with Crippen LogP contribution in [-0.4, -0.2) is 18.6 Å². The lowest BCUT2D eigenvalue weighted by atomic mass is 9.87. The third-order valence-corrected chi connectivity index (χ3v) is 2.65. The second-order valence-corrected chi connectivity index (χ2v) is 5.24. The van der Waals surface area contributed by atoms with Crippen LogP contribution < -0.4 is 5.73 Å². The summed E-state index contributed by atoms with van der Waals surface area (Å²) in [7, 11) is 0. The van der Waals surface area contributed by atoms with Crippen LogP contribution in [0.5, 0.6) is 0 Å². The molecule has 0 aromatic rings. The van der Waals surface area contributed by atoms with Crippen LogP contribution in [-0.2, 0) is 9.53 Å². The monoisotopic (exact) mass is 199 g/mol. The third-order valence-electron chi connectivity index (χ3n) is 2.65. The maximum atomic E-state index is 11.4. The molecule has 0 aliphatic heterocycles. The molecule has 1 aliphatic rings. The number of hydrogen-bond donors (Lipinski definition) is 1. The van der Waals surface area contributed by atoms with Gasteiger partial charge in [-0.1, -0.05) is 33.6 Å². The number of nitrogens with two attached hydrogens (primary N) is 1. The zero-order chi connectivity index (χ0) is 10.8. The predicted molar refractivity (Wildman–Crippen MR) is 55.7 cm³/mol. The molecule has 0 aromatic carbocycles. The van der Waals surface area contributed by atoms with Gasteiger partial charge in [-0.2, -0.15) is 0 Å². The number of rotatable bonds is 4. The summed E-state index contributed by atoms with van der Waals surface area (Å²) < 4.78 is 5.12. The molecule has 0 radical (unpaired) electrons. The molecule has 0 bridgehead atoms. The molecule has 0 heterocycles. The summed E-state index contributed by atoms with van der Waals surface area (Å²) in [6, 6.07) is -0.512. The Kier molecular flexibility index (Phi) is 3.53. The van der Waals surface area contributed by atoms with Crippen molar-refractivity contribution in [3.63, 3.8) is 0 Å². The molecule has 1 aliphatic carbocycles. The Morgan fingerprint density at radius 3 is 2.50 bits per heavy atom. The molecule has 1 fully saturated rings. The van der Waals surface area contributed by atoms with Crippen LogP contribution in [0, 0.1) is 11.3 Å². The van der Waals surface area contributed by atoms with Crippen molar-refractivity contribution in [1.29, 1.82) is 0 Å². The van der Waals surface area contributed by atoms with E-state index in [1.807, 2.05) is 20.8 Å². The van der Waals surface area contributed by atoms with Crippen LogP contribution in [0.25, 0.3) is 0 Å². The Morgan fingerprint density at radius 1 is 1.50 bits per heavy atom. The molecule has 14 heavy (non-hydrogen) atoms. The lowest BCUT2D eigenvalue weighted by molar-refractivity contribution is -0.148. The van der Waals surface area contributed by atoms with Crippen molar-refractivity contribution in [2.75, 3.05) is 6.61 Å². The minimum absolute atomic E-state index is 0.212. The molecule has 82 valence electrons. The van der Waals surface area contributed by atoms with Gasteiger partial charge in [0.05, 0.1) is 6.61 Å². The van der Waals surface area contributed by atoms with Gasteiger partial charge in [-0.3, -0.25) is 4.79 Å². The van der Waals surface area contributed by atoms with Gasteiger partial charge < -0.3 is 10.5 Å². The van der Waals surface area contributed by atoms with Crippen molar-refractivity contribution >= 4 is 5.97 Å². The Bertz CT molecular complexity index is 204. The largest absolute Gasteiger partial charge is 0.465 e. The molecule has 0 spiro atoms. The Labute approximate surface area is 86.0 Å². The molecule has 0 amide bonds. The van der Waals surface area contributed by atoms with Gasteiger partial charge in [0.25, 0.3) is 0 Å². The first-order chi connectivity index (χ1) is 6.41. The smallest absolute Gasteiger partial charge is 0.323 e. The summed E-state index contributed by atoms with van der Waals surface area (Å²) in [4.78, 5) is 11.4. The van der Waals surface area contributed by atoms with Gasteiger partial charge in [-0.15, -0.1) is 0 Å². The van der Waals surface area contributed by atoms with Crippen molar-refractivity contribution < 1.29 is 9.53 Å². The van der Waals surface area contributed by atoms with Crippen molar-refractivity contribution in [2.45, 2.75) is 46.1 Å². The van der Waals surface area contributed by atoms with E-state index >= 15 is 0 Å². The highest BCUT2D eigenvalue weighted by molar-refractivity contribution is 5.76. The Morgan fingerprint density at radius 2 is 2.07 bits per heavy atom. The van der Waals surface area contributed by atoms with Crippen LogP contribution in [0.15, 0.2) is 0 Å². The van der Waals surface area contributed by atoms with Gasteiger partial charge in [0.15, 0.2) is 0 Å². The topological polar surface area (TPSA) is 52.3 Å². The normalized spacial score (nSPS) is 19.1. The number of carbonyl (C=O) groups excluding carboxylic acids is 1. The van der Waals surface area contributed by atoms with E-state index in [1.165, 1.54) is 12.8 Å². The summed E-state index contributed by atoms with van der Waals surface area (Å²) >= 11 is 0. The average Bonchev–Trinajstić information content (AvgIpc) is 2.85. The zero-order valence-corrected chi connectivity index (χ0v) is 9.38. The molecule has 1 saturated carbocycles. The first kappa shape index (κ1) is 11.5. The van der Waals surface area contributed by atoms with Gasteiger partial charge in [0, 0.05) is 0 Å². The molecular weight excluding hydrogens is 178 g/mol. The fourth-order valence-electron chi connectivity index (χ4n) is 1.18. The van der Waals surface area contributed by atoms with E-state index < -0.39 is 6.04 Å². The minimum Gasteiger partial charge on any atom is -0.465 e. The van der Waals surface area contributed by atoms with E-state index in [4.69, 9.17) is 10.5 Å². The fraction of sp³-hybridized carbons (Fsp3) is 0.909. The Balaban J connectivity index is 2.19. The Hall–Kier alpha value is -0.570. The summed E-state index contributed by atoms with van der Waals surface area (Å²) in [6.07, 6.45) is 3.59. The standard InChI is InChI=1S/C11H21NO2/c1-11(2,3)9(12)10(13)14-7-6-8-4-5-8/h8-9H,4-7,12H2,1-3H3/t9-/m1/s1. The van der Waals surface area contributed by atoms with Crippen molar-refractivity contribution in [2.24, 2.45) is 17.1 Å². The quantitative estimate of drug-likeness (QED) is 0.701. The molecule has 1 rings (SSSR count). The number of hydrogen-bond acceptors (Lipinski definition) is 3. The average molecular weight is 199 g/mol. The van der Waals surface area contributed by atoms with Crippen LogP contribution in [0.2, 0.25) is 0 Å². The summed E-state index contributed by atoms with van der Waals surface area (Å²) in [5, 5.41) is 0. The van der Waals surface area contributed by atoms with Gasteiger partial charge in [-0.25, -0.2) is 0 Å². The second-order valence-electron chi connectivity index (χ2n) is 5.24. The van der Waals surface area contributed by atoms with Gasteiger partial charge >= 0.3 is 5.97 Å². The van der Waals surface area contributed by atoms with E-state index in [2.05, 4.69) is 0 Å². The maximum absolute atomic E-state index is 11.4. The predicted octanol–water partition coefficient (Wildman–Crippen LogP) is 1.70. The van der Waals surface area contributed by atoms with E-state index in [1.54, 1.807) is 0 Å². The minimum atomic E-state index is -0.512. The first-order valence-electron chi connectivity index (χ1n) is 5.33. The van der Waals surface area contributed by atoms with E-state index in [0.717, 1.165) is 12.3 Å². The number of ether oxygens (including phenoxy) is 1. The molecule has 3 nitrogen and oxygen atoms in total. The van der Waals surface area contributed by atoms with Crippen molar-refractivity contribution in [3.8, 4) is 0 Å². The molecule has 1 atom stereocenters. The fourth-order valence-corrected chi connectivity index (χ4v) is 1.18. The lowest BCUT2D eigenvalue weighted by Gasteiger charge is -2.24. The van der Waals surface area contributed by atoms with Crippen LogP contribution in [0.3, 0.4) is 0 Å².